The van der Waals surface area contributed by atoms with E-state index in [2.05, 4.69) is 20.5 Å². The number of anilines is 1. The molecule has 0 aliphatic rings. The van der Waals surface area contributed by atoms with Gasteiger partial charge in [-0.3, -0.25) is 9.89 Å². The van der Waals surface area contributed by atoms with Gasteiger partial charge in [-0.2, -0.15) is 5.10 Å². The first kappa shape index (κ1) is 13.5. The summed E-state index contributed by atoms with van der Waals surface area (Å²) in [5, 5.41) is 12.4. The summed E-state index contributed by atoms with van der Waals surface area (Å²) in [7, 11) is 0. The molecular formula is C12H17N5OS. The summed E-state index contributed by atoms with van der Waals surface area (Å²) in [5.74, 6) is -0.0795. The van der Waals surface area contributed by atoms with Gasteiger partial charge in [0.05, 0.1) is 17.9 Å². The number of aryl methyl sites for hydroxylation is 1. The summed E-state index contributed by atoms with van der Waals surface area (Å²) in [6.45, 7) is 6.29. The Kier molecular flexibility index (Phi) is 3.84. The summed E-state index contributed by atoms with van der Waals surface area (Å²) < 4.78 is 0. The molecule has 7 heteroatoms. The second-order valence-electron chi connectivity index (χ2n) is 4.62. The Bertz CT molecular complexity index is 587. The van der Waals surface area contributed by atoms with E-state index in [0.717, 1.165) is 16.4 Å². The van der Waals surface area contributed by atoms with Crippen LogP contribution in [-0.4, -0.2) is 21.1 Å². The van der Waals surface area contributed by atoms with E-state index in [9.17, 15) is 4.79 Å². The molecule has 0 saturated carbocycles. The highest BCUT2D eigenvalue weighted by Crippen LogP contribution is 2.21. The highest BCUT2D eigenvalue weighted by Gasteiger charge is 2.18. The van der Waals surface area contributed by atoms with Crippen LogP contribution in [0.3, 0.4) is 0 Å². The highest BCUT2D eigenvalue weighted by molar-refractivity contribution is 7.09. The van der Waals surface area contributed by atoms with Crippen LogP contribution in [0.25, 0.3) is 0 Å². The van der Waals surface area contributed by atoms with E-state index in [1.54, 1.807) is 0 Å². The lowest BCUT2D eigenvalue weighted by molar-refractivity contribution is 0.0946. The number of thiazole rings is 1. The van der Waals surface area contributed by atoms with E-state index < -0.39 is 0 Å². The highest BCUT2D eigenvalue weighted by atomic mass is 32.1. The van der Waals surface area contributed by atoms with E-state index in [0.29, 0.717) is 12.2 Å². The van der Waals surface area contributed by atoms with E-state index in [4.69, 9.17) is 5.73 Å². The number of nitrogen functional groups attached to an aromatic ring is 1. The zero-order chi connectivity index (χ0) is 14.0. The summed E-state index contributed by atoms with van der Waals surface area (Å²) in [6.07, 6.45) is 0. The number of nitrogens with two attached hydrogens (primary N) is 1. The van der Waals surface area contributed by atoms with E-state index in [1.807, 2.05) is 26.2 Å². The van der Waals surface area contributed by atoms with Crippen LogP contribution in [0, 0.1) is 6.92 Å². The van der Waals surface area contributed by atoms with Crippen molar-refractivity contribution in [3.63, 3.8) is 0 Å². The third-order valence-corrected chi connectivity index (χ3v) is 3.66. The largest absolute Gasteiger partial charge is 0.395 e. The van der Waals surface area contributed by atoms with Gasteiger partial charge >= 0.3 is 0 Å². The minimum atomic E-state index is -0.284. The van der Waals surface area contributed by atoms with Crippen LogP contribution in [0.5, 0.6) is 0 Å². The van der Waals surface area contributed by atoms with Gasteiger partial charge in [0.15, 0.2) is 5.69 Å². The number of nitrogens with zero attached hydrogens (tertiary/aromatic N) is 2. The Balaban J connectivity index is 2.04. The standard InChI is InChI=1S/C12H17N5OS/c1-6(2)10-9(13)11(17-16-10)12(18)14-4-8-15-7(3)5-19-8/h5-6H,4,13H2,1-3H3,(H,14,18)(H,16,17). The minimum absolute atomic E-state index is 0.204. The van der Waals surface area contributed by atoms with Crippen LogP contribution in [-0.2, 0) is 6.54 Å². The first-order chi connectivity index (χ1) is 8.99. The van der Waals surface area contributed by atoms with Crippen molar-refractivity contribution in [2.75, 3.05) is 5.73 Å². The van der Waals surface area contributed by atoms with Crippen molar-refractivity contribution in [3.8, 4) is 0 Å². The third kappa shape index (κ3) is 2.93. The lowest BCUT2D eigenvalue weighted by Gasteiger charge is -2.03. The van der Waals surface area contributed by atoms with Crippen LogP contribution in [0.2, 0.25) is 0 Å². The molecule has 0 atom stereocenters. The average Bonchev–Trinajstić information content (AvgIpc) is 2.92. The SMILES string of the molecule is Cc1csc(CNC(=O)c2n[nH]c(C(C)C)c2N)n1. The number of H-pyrrole nitrogens is 1. The first-order valence-electron chi connectivity index (χ1n) is 6.02. The molecule has 0 aromatic carbocycles. The van der Waals surface area contributed by atoms with Gasteiger partial charge in [-0.05, 0) is 12.8 Å². The maximum Gasteiger partial charge on any atom is 0.274 e. The van der Waals surface area contributed by atoms with Crippen molar-refractivity contribution < 1.29 is 4.79 Å². The monoisotopic (exact) mass is 279 g/mol. The number of carbonyl (C=O) groups excluding carboxylic acids is 1. The topological polar surface area (TPSA) is 96.7 Å². The van der Waals surface area contributed by atoms with E-state index >= 15 is 0 Å². The molecular weight excluding hydrogens is 262 g/mol. The molecule has 19 heavy (non-hydrogen) atoms. The lowest BCUT2D eigenvalue weighted by atomic mass is 10.1. The number of rotatable bonds is 4. The van der Waals surface area contributed by atoms with Crippen molar-refractivity contribution in [3.05, 3.63) is 27.5 Å². The van der Waals surface area contributed by atoms with Crippen molar-refractivity contribution in [1.82, 2.24) is 20.5 Å². The van der Waals surface area contributed by atoms with E-state index in [-0.39, 0.29) is 17.5 Å². The summed E-state index contributed by atoms with van der Waals surface area (Å²) >= 11 is 1.52. The molecule has 0 unspecified atom stereocenters. The lowest BCUT2D eigenvalue weighted by Crippen LogP contribution is -2.24. The Morgan fingerprint density at radius 2 is 2.32 bits per heavy atom. The molecule has 2 rings (SSSR count). The fourth-order valence-corrected chi connectivity index (χ4v) is 2.41. The van der Waals surface area contributed by atoms with Crippen LogP contribution < -0.4 is 11.1 Å². The maximum atomic E-state index is 12.0. The van der Waals surface area contributed by atoms with Crippen molar-refractivity contribution in [2.45, 2.75) is 33.2 Å². The number of carbonyl (C=O) groups is 1. The van der Waals surface area contributed by atoms with Gasteiger partial charge < -0.3 is 11.1 Å². The predicted octanol–water partition coefficient (Wildman–Crippen LogP) is 1.81. The number of aromatic amines is 1. The quantitative estimate of drug-likeness (QED) is 0.795. The second kappa shape index (κ2) is 5.40. The fourth-order valence-electron chi connectivity index (χ4n) is 1.70. The van der Waals surface area contributed by atoms with Crippen LogP contribution >= 0.6 is 11.3 Å². The zero-order valence-corrected chi connectivity index (χ0v) is 12.0. The first-order valence-corrected chi connectivity index (χ1v) is 6.90. The predicted molar refractivity (Wildman–Crippen MR) is 75.1 cm³/mol. The molecule has 2 aromatic rings. The zero-order valence-electron chi connectivity index (χ0n) is 11.2. The smallest absolute Gasteiger partial charge is 0.274 e. The van der Waals surface area contributed by atoms with Crippen molar-refractivity contribution in [1.29, 1.82) is 0 Å². The van der Waals surface area contributed by atoms with Gasteiger partial charge in [0.25, 0.3) is 5.91 Å². The Morgan fingerprint density at radius 1 is 1.58 bits per heavy atom. The van der Waals surface area contributed by atoms with E-state index in [1.165, 1.54) is 11.3 Å². The normalized spacial score (nSPS) is 10.9. The van der Waals surface area contributed by atoms with Gasteiger partial charge in [-0.25, -0.2) is 4.98 Å². The van der Waals surface area contributed by atoms with Gasteiger partial charge in [-0.15, -0.1) is 11.3 Å². The number of aromatic nitrogens is 3. The van der Waals surface area contributed by atoms with Gasteiger partial charge in [0, 0.05) is 11.1 Å². The molecule has 1 amide bonds. The molecule has 0 aliphatic heterocycles. The molecule has 4 N–H and O–H groups in total. The summed E-state index contributed by atoms with van der Waals surface area (Å²) in [4.78, 5) is 16.3. The molecule has 6 nitrogen and oxygen atoms in total. The number of amides is 1. The Hall–Kier alpha value is -1.89. The molecule has 102 valence electrons. The Morgan fingerprint density at radius 3 is 2.84 bits per heavy atom. The maximum absolute atomic E-state index is 12.0. The summed E-state index contributed by atoms with van der Waals surface area (Å²) in [6, 6.07) is 0. The molecule has 0 bridgehead atoms. The molecule has 0 spiro atoms. The Labute approximate surface area is 115 Å². The van der Waals surface area contributed by atoms with Gasteiger partial charge in [0.1, 0.15) is 5.01 Å². The number of hydrogen-bond donors (Lipinski definition) is 3. The minimum Gasteiger partial charge on any atom is -0.395 e. The second-order valence-corrected chi connectivity index (χ2v) is 5.56. The number of hydrogen-bond acceptors (Lipinski definition) is 5. The molecule has 0 saturated heterocycles. The van der Waals surface area contributed by atoms with Crippen molar-refractivity contribution >= 4 is 22.9 Å². The van der Waals surface area contributed by atoms with Crippen LogP contribution in [0.1, 0.15) is 46.6 Å². The average molecular weight is 279 g/mol. The molecule has 0 fully saturated rings. The molecule has 0 radical (unpaired) electrons. The fraction of sp³-hybridized carbons (Fsp3) is 0.417. The van der Waals surface area contributed by atoms with Crippen molar-refractivity contribution in [2.24, 2.45) is 0 Å². The number of nitrogens with one attached hydrogen (secondary N) is 2. The molecule has 2 heterocycles. The molecule has 2 aromatic heterocycles. The van der Waals surface area contributed by atoms with Crippen LogP contribution in [0.15, 0.2) is 5.38 Å². The van der Waals surface area contributed by atoms with Crippen LogP contribution in [0.4, 0.5) is 5.69 Å². The summed E-state index contributed by atoms with van der Waals surface area (Å²) in [5.41, 5.74) is 8.32. The third-order valence-electron chi connectivity index (χ3n) is 2.69. The van der Waals surface area contributed by atoms with Gasteiger partial charge in [0.2, 0.25) is 0 Å². The van der Waals surface area contributed by atoms with Gasteiger partial charge in [-0.1, -0.05) is 13.8 Å². The molecule has 0 aliphatic carbocycles.